The smallest absolute Gasteiger partial charge is 0.231 e. The second-order valence-corrected chi connectivity index (χ2v) is 7.76. The van der Waals surface area contributed by atoms with Gasteiger partial charge in [-0.2, -0.15) is 4.98 Å². The number of aromatic nitrogens is 2. The predicted molar refractivity (Wildman–Crippen MR) is 117 cm³/mol. The van der Waals surface area contributed by atoms with Gasteiger partial charge in [0.2, 0.25) is 11.6 Å². The highest BCUT2D eigenvalue weighted by Gasteiger charge is 2.29. The molecule has 1 fully saturated rings. The molecule has 1 saturated heterocycles. The molecule has 7 heteroatoms. The average Bonchev–Trinajstić information content (AvgIpc) is 3.02. The Kier molecular flexibility index (Phi) is 5.61. The molecule has 0 bridgehead atoms. The zero-order chi connectivity index (χ0) is 21.3. The molecule has 0 aliphatic carbocycles. The molecular weight excluding hydrogens is 380 g/mol. The Hall–Kier alpha value is -3.09. The van der Waals surface area contributed by atoms with Gasteiger partial charge in [0.1, 0.15) is 23.2 Å². The van der Waals surface area contributed by atoms with Crippen molar-refractivity contribution in [1.82, 2.24) is 9.97 Å². The van der Waals surface area contributed by atoms with E-state index in [0.717, 1.165) is 41.9 Å². The number of ether oxygens (including phenoxy) is 1. The molecular formula is C23H28N4O3. The summed E-state index contributed by atoms with van der Waals surface area (Å²) >= 11 is 0. The van der Waals surface area contributed by atoms with E-state index in [-0.39, 0.29) is 11.8 Å². The summed E-state index contributed by atoms with van der Waals surface area (Å²) in [5.41, 5.74) is 2.38. The minimum atomic E-state index is -0.132. The van der Waals surface area contributed by atoms with Gasteiger partial charge in [-0.25, -0.2) is 4.98 Å². The second-order valence-electron chi connectivity index (χ2n) is 7.76. The van der Waals surface area contributed by atoms with Gasteiger partial charge in [-0.1, -0.05) is 12.1 Å². The highest BCUT2D eigenvalue weighted by molar-refractivity contribution is 5.95. The van der Waals surface area contributed by atoms with Gasteiger partial charge in [0.25, 0.3) is 0 Å². The zero-order valence-electron chi connectivity index (χ0n) is 18.0. The Morgan fingerprint density at radius 1 is 1.27 bits per heavy atom. The van der Waals surface area contributed by atoms with Crippen LogP contribution < -0.4 is 15.0 Å². The molecule has 1 aliphatic heterocycles. The number of carbonyl (C=O) groups is 1. The molecule has 1 N–H and O–H groups in total. The van der Waals surface area contributed by atoms with Crippen molar-refractivity contribution in [3.05, 3.63) is 41.4 Å². The first-order chi connectivity index (χ1) is 14.5. The lowest BCUT2D eigenvalue weighted by atomic mass is 9.96. The number of hydrogen-bond acceptors (Lipinski definition) is 6. The zero-order valence-corrected chi connectivity index (χ0v) is 18.0. The summed E-state index contributed by atoms with van der Waals surface area (Å²) in [4.78, 5) is 24.4. The quantitative estimate of drug-likeness (QED) is 0.674. The van der Waals surface area contributed by atoms with Gasteiger partial charge in [0.15, 0.2) is 0 Å². The van der Waals surface area contributed by atoms with E-state index >= 15 is 0 Å². The van der Waals surface area contributed by atoms with Crippen LogP contribution in [0.15, 0.2) is 28.7 Å². The summed E-state index contributed by atoms with van der Waals surface area (Å²) < 4.78 is 11.5. The summed E-state index contributed by atoms with van der Waals surface area (Å²) in [6, 6.07) is 7.55. The fraction of sp³-hybridized carbons (Fsp3) is 0.435. The molecule has 1 aromatic carbocycles. The van der Waals surface area contributed by atoms with Crippen LogP contribution in [0.25, 0.3) is 11.1 Å². The molecule has 2 aromatic heterocycles. The lowest BCUT2D eigenvalue weighted by molar-refractivity contribution is -0.120. The van der Waals surface area contributed by atoms with Crippen LogP contribution in [0.3, 0.4) is 0 Å². The van der Waals surface area contributed by atoms with Gasteiger partial charge in [-0.05, 0) is 52.7 Å². The van der Waals surface area contributed by atoms with Crippen LogP contribution in [0.1, 0.15) is 36.9 Å². The SMILES string of the molecule is CCOc1ccccc1NC(=O)[C@@H]1CCCN(c2nc(C)nc3oc(C)c(C)c23)C1. The Morgan fingerprint density at radius 2 is 2.07 bits per heavy atom. The van der Waals surface area contributed by atoms with Crippen molar-refractivity contribution in [3.8, 4) is 5.75 Å². The average molecular weight is 409 g/mol. The molecule has 1 amide bonds. The number of amides is 1. The van der Waals surface area contributed by atoms with Crippen molar-refractivity contribution in [2.45, 2.75) is 40.5 Å². The molecule has 0 spiro atoms. The number of nitrogens with zero attached hydrogens (tertiary/aromatic N) is 3. The Labute approximate surface area is 176 Å². The molecule has 4 rings (SSSR count). The summed E-state index contributed by atoms with van der Waals surface area (Å²) in [6.07, 6.45) is 1.77. The van der Waals surface area contributed by atoms with Crippen molar-refractivity contribution < 1.29 is 13.9 Å². The highest BCUT2D eigenvalue weighted by Crippen LogP contribution is 2.34. The molecule has 3 aromatic rings. The third-order valence-corrected chi connectivity index (χ3v) is 5.66. The van der Waals surface area contributed by atoms with Crippen molar-refractivity contribution in [2.75, 3.05) is 29.9 Å². The first kappa shape index (κ1) is 20.2. The van der Waals surface area contributed by atoms with E-state index in [1.54, 1.807) is 0 Å². The van der Waals surface area contributed by atoms with Crippen LogP contribution in [-0.4, -0.2) is 35.6 Å². The number of nitrogens with one attached hydrogen (secondary N) is 1. The second kappa shape index (κ2) is 8.34. The van der Waals surface area contributed by atoms with E-state index in [2.05, 4.69) is 15.2 Å². The van der Waals surface area contributed by atoms with Crippen LogP contribution in [0.2, 0.25) is 0 Å². The van der Waals surface area contributed by atoms with Crippen molar-refractivity contribution >= 4 is 28.5 Å². The molecule has 30 heavy (non-hydrogen) atoms. The lowest BCUT2D eigenvalue weighted by Gasteiger charge is -2.33. The standard InChI is InChI=1S/C23H28N4O3/c1-5-29-19-11-7-6-10-18(19)26-22(28)17-9-8-12-27(13-17)21-20-14(2)15(3)30-23(20)25-16(4)24-21/h6-7,10-11,17H,5,8-9,12-13H2,1-4H3,(H,26,28)/t17-/m1/s1. The first-order valence-corrected chi connectivity index (χ1v) is 10.5. The van der Waals surface area contributed by atoms with E-state index in [4.69, 9.17) is 14.1 Å². The number of furan rings is 1. The largest absolute Gasteiger partial charge is 0.492 e. The minimum Gasteiger partial charge on any atom is -0.492 e. The van der Waals surface area contributed by atoms with Crippen molar-refractivity contribution in [2.24, 2.45) is 5.92 Å². The van der Waals surface area contributed by atoms with E-state index < -0.39 is 0 Å². The maximum atomic E-state index is 13.1. The lowest BCUT2D eigenvalue weighted by Crippen LogP contribution is -2.41. The molecule has 1 aliphatic rings. The molecule has 0 saturated carbocycles. The fourth-order valence-corrected chi connectivity index (χ4v) is 4.03. The Morgan fingerprint density at radius 3 is 2.87 bits per heavy atom. The minimum absolute atomic E-state index is 0.00831. The number of para-hydroxylation sites is 2. The Balaban J connectivity index is 1.57. The number of hydrogen-bond donors (Lipinski definition) is 1. The normalized spacial score (nSPS) is 16.7. The molecule has 0 unspecified atom stereocenters. The van der Waals surface area contributed by atoms with Crippen molar-refractivity contribution in [1.29, 1.82) is 0 Å². The van der Waals surface area contributed by atoms with Crippen LogP contribution in [-0.2, 0) is 4.79 Å². The summed E-state index contributed by atoms with van der Waals surface area (Å²) in [5, 5.41) is 4.00. The van der Waals surface area contributed by atoms with Gasteiger partial charge in [0.05, 0.1) is 23.6 Å². The number of rotatable bonds is 5. The highest BCUT2D eigenvalue weighted by atomic mass is 16.5. The van der Waals surface area contributed by atoms with Gasteiger partial charge in [-0.15, -0.1) is 0 Å². The summed E-state index contributed by atoms with van der Waals surface area (Å²) in [6.45, 7) is 9.79. The topological polar surface area (TPSA) is 80.5 Å². The number of aryl methyl sites for hydroxylation is 3. The third-order valence-electron chi connectivity index (χ3n) is 5.66. The third kappa shape index (κ3) is 3.84. The molecule has 0 radical (unpaired) electrons. The van der Waals surface area contributed by atoms with E-state index in [1.165, 1.54) is 0 Å². The van der Waals surface area contributed by atoms with Crippen LogP contribution >= 0.6 is 0 Å². The Bertz CT molecular complexity index is 1080. The predicted octanol–water partition coefficient (Wildman–Crippen LogP) is 4.40. The molecule has 3 heterocycles. The van der Waals surface area contributed by atoms with Crippen LogP contribution in [0.5, 0.6) is 5.75 Å². The number of benzene rings is 1. The number of carbonyl (C=O) groups excluding carboxylic acids is 1. The molecule has 1 atom stereocenters. The summed E-state index contributed by atoms with van der Waals surface area (Å²) in [7, 11) is 0. The van der Waals surface area contributed by atoms with Gasteiger partial charge < -0.3 is 19.4 Å². The monoisotopic (exact) mass is 408 g/mol. The maximum Gasteiger partial charge on any atom is 0.231 e. The molecule has 7 nitrogen and oxygen atoms in total. The first-order valence-electron chi connectivity index (χ1n) is 10.5. The molecule has 158 valence electrons. The van der Waals surface area contributed by atoms with Crippen molar-refractivity contribution in [3.63, 3.8) is 0 Å². The van der Waals surface area contributed by atoms with E-state index in [1.807, 2.05) is 52.0 Å². The van der Waals surface area contributed by atoms with E-state index in [0.29, 0.717) is 36.1 Å². The van der Waals surface area contributed by atoms with Crippen LogP contribution in [0, 0.1) is 26.7 Å². The fourth-order valence-electron chi connectivity index (χ4n) is 4.03. The number of anilines is 2. The maximum absolute atomic E-state index is 13.1. The number of fused-ring (bicyclic) bond motifs is 1. The van der Waals surface area contributed by atoms with Gasteiger partial charge >= 0.3 is 0 Å². The van der Waals surface area contributed by atoms with Gasteiger partial charge in [-0.3, -0.25) is 4.79 Å². The van der Waals surface area contributed by atoms with Crippen LogP contribution in [0.4, 0.5) is 11.5 Å². The van der Waals surface area contributed by atoms with E-state index in [9.17, 15) is 4.79 Å². The van der Waals surface area contributed by atoms with Gasteiger partial charge in [0, 0.05) is 18.7 Å². The number of piperidine rings is 1. The summed E-state index contributed by atoms with van der Waals surface area (Å²) in [5.74, 6) is 2.95.